The van der Waals surface area contributed by atoms with Crippen LogP contribution in [0.15, 0.2) is 4.52 Å². The van der Waals surface area contributed by atoms with E-state index in [4.69, 9.17) is 9.63 Å². The van der Waals surface area contributed by atoms with E-state index in [1.807, 2.05) is 4.90 Å². The number of aromatic nitrogens is 2. The van der Waals surface area contributed by atoms with Crippen molar-refractivity contribution in [2.75, 3.05) is 13.1 Å². The molecular weight excluding hydrogens is 336 g/mol. The van der Waals surface area contributed by atoms with Crippen LogP contribution in [-0.2, 0) is 4.79 Å². The number of amides is 2. The number of carbonyl (C=O) groups is 2. The molecule has 0 radical (unpaired) electrons. The molecule has 2 amide bonds. The number of hydrogen-bond donors (Lipinski definition) is 2. The molecule has 4 rings (SSSR count). The smallest absolute Gasteiger partial charge is 0.317 e. The van der Waals surface area contributed by atoms with Crippen LogP contribution in [0.3, 0.4) is 0 Å². The van der Waals surface area contributed by atoms with Crippen molar-refractivity contribution in [1.29, 1.82) is 0 Å². The zero-order chi connectivity index (χ0) is 18.1. The van der Waals surface area contributed by atoms with Crippen molar-refractivity contribution < 1.29 is 19.2 Å². The van der Waals surface area contributed by atoms with Crippen LogP contribution in [-0.4, -0.2) is 51.3 Å². The van der Waals surface area contributed by atoms with E-state index in [1.54, 1.807) is 0 Å². The van der Waals surface area contributed by atoms with Gasteiger partial charge in [-0.2, -0.15) is 4.98 Å². The van der Waals surface area contributed by atoms with Crippen LogP contribution in [0.5, 0.6) is 0 Å². The lowest BCUT2D eigenvalue weighted by molar-refractivity contribution is -0.142. The fourth-order valence-corrected chi connectivity index (χ4v) is 4.03. The van der Waals surface area contributed by atoms with Gasteiger partial charge in [-0.3, -0.25) is 4.79 Å². The number of nitrogens with one attached hydrogen (secondary N) is 1. The topological polar surface area (TPSA) is 109 Å². The first kappa shape index (κ1) is 17.3. The number of carboxylic acids is 1. The number of nitrogens with zero attached hydrogens (tertiary/aromatic N) is 3. The summed E-state index contributed by atoms with van der Waals surface area (Å²) in [6, 6.07) is 0.0181. The van der Waals surface area contributed by atoms with Crippen molar-refractivity contribution in [2.24, 2.45) is 5.92 Å². The van der Waals surface area contributed by atoms with Crippen LogP contribution in [0, 0.1) is 5.92 Å². The second-order valence-electron chi connectivity index (χ2n) is 7.89. The summed E-state index contributed by atoms with van der Waals surface area (Å²) in [4.78, 5) is 30.0. The highest BCUT2D eigenvalue weighted by molar-refractivity contribution is 5.75. The number of hydrogen-bond acceptors (Lipinski definition) is 5. The predicted octanol–water partition coefficient (Wildman–Crippen LogP) is 2.48. The maximum Gasteiger partial charge on any atom is 0.317 e. The molecule has 1 aliphatic heterocycles. The van der Waals surface area contributed by atoms with Crippen LogP contribution in [0.4, 0.5) is 4.79 Å². The van der Waals surface area contributed by atoms with Crippen molar-refractivity contribution in [2.45, 2.75) is 69.2 Å². The third-order valence-electron chi connectivity index (χ3n) is 5.86. The molecule has 2 saturated carbocycles. The molecular formula is C18H26N4O4. The Bertz CT molecular complexity index is 664. The zero-order valence-corrected chi connectivity index (χ0v) is 14.9. The highest BCUT2D eigenvalue weighted by Crippen LogP contribution is 2.39. The maximum absolute atomic E-state index is 12.6. The lowest BCUT2D eigenvalue weighted by atomic mass is 9.86. The zero-order valence-electron chi connectivity index (χ0n) is 14.9. The van der Waals surface area contributed by atoms with E-state index in [2.05, 4.69) is 15.5 Å². The number of urea groups is 1. The van der Waals surface area contributed by atoms with Crippen molar-refractivity contribution in [3.63, 3.8) is 0 Å². The number of carboxylic acid groups (broad SMARTS) is 1. The minimum absolute atomic E-state index is 0.0561. The molecule has 2 heterocycles. The summed E-state index contributed by atoms with van der Waals surface area (Å²) in [5.41, 5.74) is 0. The minimum Gasteiger partial charge on any atom is -0.481 e. The third-order valence-corrected chi connectivity index (χ3v) is 5.86. The molecule has 0 aromatic carbocycles. The van der Waals surface area contributed by atoms with Crippen LogP contribution in [0.2, 0.25) is 0 Å². The van der Waals surface area contributed by atoms with Crippen LogP contribution >= 0.6 is 0 Å². The van der Waals surface area contributed by atoms with Gasteiger partial charge in [-0.05, 0) is 51.4 Å². The summed E-state index contributed by atoms with van der Waals surface area (Å²) in [5, 5.41) is 16.3. The predicted molar refractivity (Wildman–Crippen MR) is 91.7 cm³/mol. The van der Waals surface area contributed by atoms with Gasteiger partial charge < -0.3 is 19.8 Å². The number of likely N-dealkylation sites (tertiary alicyclic amines) is 1. The summed E-state index contributed by atoms with van der Waals surface area (Å²) in [5.74, 6) is 1.07. The quantitative estimate of drug-likeness (QED) is 0.852. The molecule has 1 atom stereocenters. The van der Waals surface area contributed by atoms with E-state index < -0.39 is 5.97 Å². The molecule has 8 heteroatoms. The van der Waals surface area contributed by atoms with Gasteiger partial charge in [0.15, 0.2) is 5.82 Å². The van der Waals surface area contributed by atoms with Gasteiger partial charge in [-0.1, -0.05) is 5.16 Å². The Morgan fingerprint density at radius 3 is 2.54 bits per heavy atom. The first-order chi connectivity index (χ1) is 12.6. The van der Waals surface area contributed by atoms with E-state index in [1.165, 1.54) is 0 Å². The molecule has 1 saturated heterocycles. The van der Waals surface area contributed by atoms with Gasteiger partial charge in [-0.25, -0.2) is 4.79 Å². The molecule has 0 spiro atoms. The molecule has 142 valence electrons. The Hall–Kier alpha value is -2.12. The Morgan fingerprint density at radius 1 is 1.08 bits per heavy atom. The number of aliphatic carboxylic acids is 1. The SMILES string of the molecule is O=C(O)C1CCC(NC(=O)N2CCCC(c3noc(C4CC4)n3)C2)CC1. The number of carbonyl (C=O) groups excluding carboxylic acids is 1. The number of piperidine rings is 1. The van der Waals surface area contributed by atoms with Crippen molar-refractivity contribution in [1.82, 2.24) is 20.4 Å². The summed E-state index contributed by atoms with van der Waals surface area (Å²) in [7, 11) is 0. The average Bonchev–Trinajstić information content (AvgIpc) is 3.39. The largest absolute Gasteiger partial charge is 0.481 e. The van der Waals surface area contributed by atoms with Crippen molar-refractivity contribution in [3.8, 4) is 0 Å². The van der Waals surface area contributed by atoms with Gasteiger partial charge in [0.25, 0.3) is 0 Å². The molecule has 1 aromatic rings. The Labute approximate surface area is 152 Å². The molecule has 2 N–H and O–H groups in total. The molecule has 8 nitrogen and oxygen atoms in total. The lowest BCUT2D eigenvalue weighted by Crippen LogP contribution is -2.49. The second kappa shape index (κ2) is 7.25. The van der Waals surface area contributed by atoms with Crippen LogP contribution in [0.1, 0.15) is 74.9 Å². The molecule has 1 aromatic heterocycles. The van der Waals surface area contributed by atoms with E-state index >= 15 is 0 Å². The van der Waals surface area contributed by atoms with Gasteiger partial charge in [0.05, 0.1) is 5.92 Å². The summed E-state index contributed by atoms with van der Waals surface area (Å²) in [6.45, 7) is 1.35. The van der Waals surface area contributed by atoms with Gasteiger partial charge in [0.1, 0.15) is 0 Å². The van der Waals surface area contributed by atoms with Crippen molar-refractivity contribution in [3.05, 3.63) is 11.7 Å². The van der Waals surface area contributed by atoms with E-state index in [0.717, 1.165) is 56.8 Å². The average molecular weight is 362 g/mol. The highest BCUT2D eigenvalue weighted by atomic mass is 16.5. The Morgan fingerprint density at radius 2 is 1.85 bits per heavy atom. The highest BCUT2D eigenvalue weighted by Gasteiger charge is 2.33. The molecule has 26 heavy (non-hydrogen) atoms. The summed E-state index contributed by atoms with van der Waals surface area (Å²) in [6.07, 6.45) is 6.89. The first-order valence-electron chi connectivity index (χ1n) is 9.72. The maximum atomic E-state index is 12.6. The third kappa shape index (κ3) is 3.83. The monoisotopic (exact) mass is 362 g/mol. The van der Waals surface area contributed by atoms with E-state index in [0.29, 0.717) is 25.3 Å². The Balaban J connectivity index is 1.29. The van der Waals surface area contributed by atoms with Gasteiger partial charge in [-0.15, -0.1) is 0 Å². The molecule has 3 aliphatic rings. The normalized spacial score (nSPS) is 29.4. The molecule has 2 aliphatic carbocycles. The van der Waals surface area contributed by atoms with Crippen LogP contribution < -0.4 is 5.32 Å². The molecule has 1 unspecified atom stereocenters. The molecule has 3 fully saturated rings. The Kier molecular flexibility index (Phi) is 4.82. The van der Waals surface area contributed by atoms with E-state index in [-0.39, 0.29) is 23.9 Å². The lowest BCUT2D eigenvalue weighted by Gasteiger charge is -2.34. The van der Waals surface area contributed by atoms with Gasteiger partial charge in [0, 0.05) is 31.0 Å². The fraction of sp³-hybridized carbons (Fsp3) is 0.778. The van der Waals surface area contributed by atoms with Crippen molar-refractivity contribution >= 4 is 12.0 Å². The van der Waals surface area contributed by atoms with Crippen LogP contribution in [0.25, 0.3) is 0 Å². The number of rotatable bonds is 4. The standard InChI is InChI=1S/C18H26N4O4/c23-17(24)12-5-7-14(8-6-12)19-18(25)22-9-1-2-13(10-22)15-20-16(26-21-15)11-3-4-11/h11-14H,1-10H2,(H,19,25)(H,23,24). The molecule has 0 bridgehead atoms. The summed E-state index contributed by atoms with van der Waals surface area (Å²) >= 11 is 0. The van der Waals surface area contributed by atoms with Gasteiger partial charge in [0.2, 0.25) is 5.89 Å². The minimum atomic E-state index is -0.723. The van der Waals surface area contributed by atoms with E-state index in [9.17, 15) is 9.59 Å². The second-order valence-corrected chi connectivity index (χ2v) is 7.89. The van der Waals surface area contributed by atoms with Gasteiger partial charge >= 0.3 is 12.0 Å². The fourth-order valence-electron chi connectivity index (χ4n) is 4.03. The summed E-state index contributed by atoms with van der Waals surface area (Å²) < 4.78 is 5.36. The first-order valence-corrected chi connectivity index (χ1v) is 9.72.